The number of sulfonamides is 1. The molecular weight excluding hydrogens is 312 g/mol. The standard InChI is InChI=1S/C16H22N4O2S/c1-4-19-12-17-10-16(19)23(21,22)20-11-14(18(2)3)9-13-7-5-6-8-15(13)20/h5-8,10,12,14H,4,9,11H2,1-3H3. The molecule has 0 N–H and O–H groups in total. The van der Waals surface area contributed by atoms with Crippen LogP contribution >= 0.6 is 0 Å². The first-order valence-electron chi connectivity index (χ1n) is 7.72. The van der Waals surface area contributed by atoms with Crippen molar-refractivity contribution in [2.45, 2.75) is 31.0 Å². The summed E-state index contributed by atoms with van der Waals surface area (Å²) in [5, 5.41) is 0.245. The zero-order valence-corrected chi connectivity index (χ0v) is 14.5. The molecule has 1 aliphatic rings. The summed E-state index contributed by atoms with van der Waals surface area (Å²) >= 11 is 0. The van der Waals surface area contributed by atoms with Gasteiger partial charge in [-0.2, -0.15) is 8.42 Å². The average Bonchev–Trinajstić information content (AvgIpc) is 3.03. The molecule has 23 heavy (non-hydrogen) atoms. The molecule has 0 spiro atoms. The molecule has 1 atom stereocenters. The summed E-state index contributed by atoms with van der Waals surface area (Å²) in [6.07, 6.45) is 3.84. The van der Waals surface area contributed by atoms with Crippen LogP contribution in [-0.2, 0) is 23.0 Å². The second-order valence-corrected chi connectivity index (χ2v) is 7.81. The highest BCUT2D eigenvalue weighted by atomic mass is 32.2. The van der Waals surface area contributed by atoms with Gasteiger partial charge in [0.05, 0.1) is 24.8 Å². The number of aromatic nitrogens is 2. The first-order chi connectivity index (χ1) is 10.9. The third kappa shape index (κ3) is 2.74. The maximum atomic E-state index is 13.2. The molecule has 0 aliphatic carbocycles. The van der Waals surface area contributed by atoms with Gasteiger partial charge in [-0.05, 0) is 39.1 Å². The van der Waals surface area contributed by atoms with Crippen LogP contribution in [-0.4, -0.2) is 49.6 Å². The van der Waals surface area contributed by atoms with Crippen molar-refractivity contribution >= 4 is 15.7 Å². The van der Waals surface area contributed by atoms with Gasteiger partial charge in [0.15, 0.2) is 5.03 Å². The Morgan fingerprint density at radius 3 is 2.74 bits per heavy atom. The first kappa shape index (κ1) is 16.0. The van der Waals surface area contributed by atoms with E-state index in [9.17, 15) is 8.42 Å². The lowest BCUT2D eigenvalue weighted by Crippen LogP contribution is -2.48. The lowest BCUT2D eigenvalue weighted by atomic mass is 9.99. The van der Waals surface area contributed by atoms with E-state index in [0.29, 0.717) is 13.1 Å². The minimum Gasteiger partial charge on any atom is -0.320 e. The highest BCUT2D eigenvalue weighted by molar-refractivity contribution is 7.92. The number of rotatable bonds is 4. The van der Waals surface area contributed by atoms with Crippen LogP contribution in [0.25, 0.3) is 0 Å². The second-order valence-electron chi connectivity index (χ2n) is 6.00. The van der Waals surface area contributed by atoms with Crippen LogP contribution < -0.4 is 4.31 Å². The highest BCUT2D eigenvalue weighted by Gasteiger charge is 2.35. The Kier molecular flexibility index (Phi) is 4.16. The minimum atomic E-state index is -3.63. The van der Waals surface area contributed by atoms with Crippen molar-refractivity contribution in [1.82, 2.24) is 14.5 Å². The fourth-order valence-electron chi connectivity index (χ4n) is 2.98. The molecule has 0 amide bonds. The third-order valence-electron chi connectivity index (χ3n) is 4.39. The number of nitrogens with zero attached hydrogens (tertiary/aromatic N) is 4. The highest BCUT2D eigenvalue weighted by Crippen LogP contribution is 2.32. The largest absolute Gasteiger partial charge is 0.320 e. The number of para-hydroxylation sites is 1. The number of anilines is 1. The third-order valence-corrected chi connectivity index (χ3v) is 6.19. The van der Waals surface area contributed by atoms with E-state index in [-0.39, 0.29) is 11.1 Å². The van der Waals surface area contributed by atoms with E-state index in [4.69, 9.17) is 0 Å². The second kappa shape index (κ2) is 5.98. The molecule has 124 valence electrons. The number of fused-ring (bicyclic) bond motifs is 1. The SMILES string of the molecule is CCn1cncc1S(=O)(=O)N1CC(N(C)C)Cc2ccccc21. The van der Waals surface area contributed by atoms with Gasteiger partial charge in [-0.15, -0.1) is 0 Å². The number of likely N-dealkylation sites (N-methyl/N-ethyl adjacent to an activating group) is 1. The molecule has 0 saturated carbocycles. The number of aryl methyl sites for hydroxylation is 1. The predicted molar refractivity (Wildman–Crippen MR) is 90.1 cm³/mol. The minimum absolute atomic E-state index is 0.151. The van der Waals surface area contributed by atoms with Crippen molar-refractivity contribution < 1.29 is 8.42 Å². The van der Waals surface area contributed by atoms with Crippen molar-refractivity contribution in [2.24, 2.45) is 0 Å². The van der Waals surface area contributed by atoms with Gasteiger partial charge in [0.25, 0.3) is 10.0 Å². The Labute approximate surface area is 137 Å². The predicted octanol–water partition coefficient (Wildman–Crippen LogP) is 1.58. The van der Waals surface area contributed by atoms with Gasteiger partial charge in [0.1, 0.15) is 0 Å². The quantitative estimate of drug-likeness (QED) is 0.852. The number of benzene rings is 1. The maximum Gasteiger partial charge on any atom is 0.281 e. The Hall–Kier alpha value is -1.86. The monoisotopic (exact) mass is 334 g/mol. The molecule has 0 saturated heterocycles. The van der Waals surface area contributed by atoms with Crippen molar-refractivity contribution in [3.8, 4) is 0 Å². The van der Waals surface area contributed by atoms with Gasteiger partial charge in [-0.1, -0.05) is 18.2 Å². The van der Waals surface area contributed by atoms with Crippen LogP contribution in [0.15, 0.2) is 41.8 Å². The van der Waals surface area contributed by atoms with Crippen molar-refractivity contribution in [2.75, 3.05) is 24.9 Å². The molecule has 0 fully saturated rings. The summed E-state index contributed by atoms with van der Waals surface area (Å²) in [7, 11) is 0.337. The summed E-state index contributed by atoms with van der Waals surface area (Å²) < 4.78 is 29.6. The molecule has 1 unspecified atom stereocenters. The van der Waals surface area contributed by atoms with Gasteiger partial charge >= 0.3 is 0 Å². The fourth-order valence-corrected chi connectivity index (χ4v) is 4.68. The van der Waals surface area contributed by atoms with Gasteiger partial charge in [0, 0.05) is 12.6 Å². The summed E-state index contributed by atoms with van der Waals surface area (Å²) in [5.74, 6) is 0. The van der Waals surface area contributed by atoms with Crippen LogP contribution in [0.3, 0.4) is 0 Å². The molecule has 2 heterocycles. The van der Waals surface area contributed by atoms with E-state index < -0.39 is 10.0 Å². The summed E-state index contributed by atoms with van der Waals surface area (Å²) in [5.41, 5.74) is 1.83. The number of imidazole rings is 1. The van der Waals surface area contributed by atoms with E-state index in [0.717, 1.165) is 17.7 Å². The van der Waals surface area contributed by atoms with E-state index >= 15 is 0 Å². The first-order valence-corrected chi connectivity index (χ1v) is 9.16. The van der Waals surface area contributed by atoms with Crippen LogP contribution in [0.5, 0.6) is 0 Å². The summed E-state index contributed by atoms with van der Waals surface area (Å²) in [6, 6.07) is 7.88. The van der Waals surface area contributed by atoms with Gasteiger partial charge in [-0.25, -0.2) is 4.98 Å². The molecule has 0 radical (unpaired) electrons. The van der Waals surface area contributed by atoms with Crippen LogP contribution in [0.4, 0.5) is 5.69 Å². The van der Waals surface area contributed by atoms with Crippen LogP contribution in [0.2, 0.25) is 0 Å². The zero-order chi connectivity index (χ0) is 16.6. The van der Waals surface area contributed by atoms with Gasteiger partial charge in [0.2, 0.25) is 0 Å². The van der Waals surface area contributed by atoms with Crippen molar-refractivity contribution in [3.63, 3.8) is 0 Å². The normalized spacial score (nSPS) is 18.3. The van der Waals surface area contributed by atoms with E-state index in [1.807, 2.05) is 45.3 Å². The molecule has 1 aliphatic heterocycles. The molecule has 0 bridgehead atoms. The topological polar surface area (TPSA) is 58.4 Å². The van der Waals surface area contributed by atoms with Gasteiger partial charge < -0.3 is 9.47 Å². The lowest BCUT2D eigenvalue weighted by molar-refractivity contribution is 0.293. The number of hydrogen-bond donors (Lipinski definition) is 0. The molecule has 1 aromatic heterocycles. The van der Waals surface area contributed by atoms with Crippen LogP contribution in [0, 0.1) is 0 Å². The Morgan fingerprint density at radius 1 is 1.30 bits per heavy atom. The molecule has 7 heteroatoms. The summed E-state index contributed by atoms with van der Waals surface area (Å²) in [4.78, 5) is 6.09. The molecule has 6 nitrogen and oxygen atoms in total. The lowest BCUT2D eigenvalue weighted by Gasteiger charge is -2.37. The number of hydrogen-bond acceptors (Lipinski definition) is 4. The smallest absolute Gasteiger partial charge is 0.281 e. The molecule has 1 aromatic carbocycles. The van der Waals surface area contributed by atoms with E-state index in [1.165, 1.54) is 10.5 Å². The molecule has 2 aromatic rings. The molecular formula is C16H22N4O2S. The molecule has 3 rings (SSSR count). The van der Waals surface area contributed by atoms with E-state index in [1.54, 1.807) is 10.9 Å². The maximum absolute atomic E-state index is 13.2. The van der Waals surface area contributed by atoms with E-state index in [2.05, 4.69) is 9.88 Å². The van der Waals surface area contributed by atoms with Gasteiger partial charge in [-0.3, -0.25) is 4.31 Å². The zero-order valence-electron chi connectivity index (χ0n) is 13.7. The van der Waals surface area contributed by atoms with Crippen molar-refractivity contribution in [3.05, 3.63) is 42.4 Å². The van der Waals surface area contributed by atoms with Crippen LogP contribution in [0.1, 0.15) is 12.5 Å². The Balaban J connectivity index is 2.10. The van der Waals surface area contributed by atoms with Crippen molar-refractivity contribution in [1.29, 1.82) is 0 Å². The average molecular weight is 334 g/mol. The fraction of sp³-hybridized carbons (Fsp3) is 0.438. The Bertz CT molecular complexity index is 798. The Morgan fingerprint density at radius 2 is 2.04 bits per heavy atom. The summed E-state index contributed by atoms with van der Waals surface area (Å²) in [6.45, 7) is 2.93.